The first-order valence-electron chi connectivity index (χ1n) is 4.76. The van der Waals surface area contributed by atoms with Gasteiger partial charge in [0, 0.05) is 19.1 Å². The van der Waals surface area contributed by atoms with Gasteiger partial charge in [0.15, 0.2) is 5.78 Å². The first-order chi connectivity index (χ1) is 7.15. The highest BCUT2D eigenvalue weighted by atomic mass is 16.5. The summed E-state index contributed by atoms with van der Waals surface area (Å²) in [6, 6.07) is 2.70. The quantitative estimate of drug-likeness (QED) is 0.690. The largest absolute Gasteiger partial charge is 0.508 e. The summed E-state index contributed by atoms with van der Waals surface area (Å²) >= 11 is 0. The Labute approximate surface area is 87.1 Å². The van der Waals surface area contributed by atoms with Gasteiger partial charge in [0.25, 0.3) is 0 Å². The van der Waals surface area contributed by atoms with E-state index >= 15 is 0 Å². The third kappa shape index (κ3) is 1.47. The Bertz CT molecular complexity index is 411. The van der Waals surface area contributed by atoms with E-state index in [9.17, 15) is 15.0 Å². The molecule has 4 heteroatoms. The zero-order chi connectivity index (χ0) is 11.0. The number of fused-ring (bicyclic) bond motifs is 1. The number of rotatable bonds is 1. The minimum Gasteiger partial charge on any atom is -0.508 e. The van der Waals surface area contributed by atoms with Crippen LogP contribution < -0.4 is 0 Å². The molecule has 15 heavy (non-hydrogen) atoms. The molecule has 0 spiro atoms. The number of ether oxygens (including phenoxy) is 1. The molecule has 0 unspecified atom stereocenters. The van der Waals surface area contributed by atoms with E-state index in [1.807, 2.05) is 0 Å². The average molecular weight is 208 g/mol. The van der Waals surface area contributed by atoms with Crippen molar-refractivity contribution in [2.24, 2.45) is 0 Å². The summed E-state index contributed by atoms with van der Waals surface area (Å²) in [5.41, 5.74) is 0.613. The highest BCUT2D eigenvalue weighted by molar-refractivity contribution is 6.01. The van der Waals surface area contributed by atoms with Crippen LogP contribution in [0.3, 0.4) is 0 Å². The molecule has 2 N–H and O–H groups in total. The number of hydrogen-bond donors (Lipinski definition) is 2. The molecule has 0 bridgehead atoms. The summed E-state index contributed by atoms with van der Waals surface area (Å²) in [5, 5.41) is 19.2. The average Bonchev–Trinajstić information content (AvgIpc) is 2.23. The summed E-state index contributed by atoms with van der Waals surface area (Å²) in [4.78, 5) is 11.6. The molecular formula is C11H12O4. The van der Waals surface area contributed by atoms with E-state index in [-0.39, 0.29) is 28.9 Å². The number of aromatic hydroxyl groups is 2. The summed E-state index contributed by atoms with van der Waals surface area (Å²) in [6.45, 7) is 0. The van der Waals surface area contributed by atoms with Crippen molar-refractivity contribution < 1.29 is 19.7 Å². The van der Waals surface area contributed by atoms with Gasteiger partial charge in [0.1, 0.15) is 11.5 Å². The molecule has 80 valence electrons. The van der Waals surface area contributed by atoms with E-state index in [1.165, 1.54) is 19.2 Å². The number of benzene rings is 1. The van der Waals surface area contributed by atoms with Crippen molar-refractivity contribution in [2.45, 2.75) is 18.9 Å². The SMILES string of the molecule is CO[C@@H]1CCC(=O)c2c(O)ccc(O)c21. The Morgan fingerprint density at radius 3 is 2.67 bits per heavy atom. The van der Waals surface area contributed by atoms with Crippen LogP contribution in [0.25, 0.3) is 0 Å². The van der Waals surface area contributed by atoms with Crippen molar-refractivity contribution in [2.75, 3.05) is 7.11 Å². The van der Waals surface area contributed by atoms with Crippen molar-refractivity contribution in [3.05, 3.63) is 23.3 Å². The lowest BCUT2D eigenvalue weighted by Gasteiger charge is -2.24. The highest BCUT2D eigenvalue weighted by Crippen LogP contribution is 2.41. The zero-order valence-corrected chi connectivity index (χ0v) is 8.36. The normalized spacial score (nSPS) is 20.1. The number of phenolic OH excluding ortho intramolecular Hbond substituents is 2. The third-order valence-corrected chi connectivity index (χ3v) is 2.72. The zero-order valence-electron chi connectivity index (χ0n) is 8.36. The van der Waals surface area contributed by atoms with Crippen LogP contribution in [0.1, 0.15) is 34.9 Å². The molecule has 1 aliphatic carbocycles. The number of methoxy groups -OCH3 is 1. The second-order valence-corrected chi connectivity index (χ2v) is 3.58. The Morgan fingerprint density at radius 2 is 2.00 bits per heavy atom. The van der Waals surface area contributed by atoms with Crippen molar-refractivity contribution in [1.29, 1.82) is 0 Å². The number of ketones is 1. The standard InChI is InChI=1S/C11H12O4/c1-15-9-5-4-7(13)10-6(12)2-3-8(14)11(9)10/h2-3,9,12,14H,4-5H2,1H3/t9-/m1/s1. The molecule has 0 amide bonds. The van der Waals surface area contributed by atoms with Crippen LogP contribution in [0.2, 0.25) is 0 Å². The van der Waals surface area contributed by atoms with Crippen LogP contribution >= 0.6 is 0 Å². The van der Waals surface area contributed by atoms with Gasteiger partial charge in [-0.05, 0) is 18.6 Å². The Hall–Kier alpha value is -1.55. The Kier molecular flexibility index (Phi) is 2.36. The molecule has 0 aromatic heterocycles. The fraction of sp³-hybridized carbons (Fsp3) is 0.364. The molecule has 1 aromatic rings. The predicted molar refractivity (Wildman–Crippen MR) is 53.1 cm³/mol. The van der Waals surface area contributed by atoms with Gasteiger partial charge in [-0.2, -0.15) is 0 Å². The Balaban J connectivity index is 2.65. The summed E-state index contributed by atoms with van der Waals surface area (Å²) in [6.07, 6.45) is 0.562. The fourth-order valence-corrected chi connectivity index (χ4v) is 1.98. The molecule has 1 atom stereocenters. The van der Waals surface area contributed by atoms with Crippen molar-refractivity contribution >= 4 is 5.78 Å². The fourth-order valence-electron chi connectivity index (χ4n) is 1.98. The molecule has 4 nitrogen and oxygen atoms in total. The van der Waals surface area contributed by atoms with E-state index in [1.54, 1.807) is 0 Å². The maximum Gasteiger partial charge on any atom is 0.167 e. The molecular weight excluding hydrogens is 196 g/mol. The summed E-state index contributed by atoms with van der Waals surface area (Å²) in [5.74, 6) is -0.232. The molecule has 1 aromatic carbocycles. The van der Waals surface area contributed by atoms with Gasteiger partial charge in [-0.1, -0.05) is 0 Å². The van der Waals surface area contributed by atoms with E-state index in [4.69, 9.17) is 4.74 Å². The van der Waals surface area contributed by atoms with Crippen LogP contribution in [0.4, 0.5) is 0 Å². The lowest BCUT2D eigenvalue weighted by molar-refractivity contribution is 0.0718. The number of carbonyl (C=O) groups excluding carboxylic acids is 1. The molecule has 2 rings (SSSR count). The lowest BCUT2D eigenvalue weighted by Crippen LogP contribution is -2.17. The minimum atomic E-state index is -0.315. The molecule has 1 aliphatic rings. The third-order valence-electron chi connectivity index (χ3n) is 2.72. The number of Topliss-reactive ketones (excluding diaryl/α,β-unsaturated/α-hetero) is 1. The van der Waals surface area contributed by atoms with Gasteiger partial charge in [-0.25, -0.2) is 0 Å². The van der Waals surface area contributed by atoms with Crippen molar-refractivity contribution in [3.8, 4) is 11.5 Å². The topological polar surface area (TPSA) is 66.8 Å². The number of carbonyl (C=O) groups is 1. The first-order valence-corrected chi connectivity index (χ1v) is 4.76. The second-order valence-electron chi connectivity index (χ2n) is 3.58. The minimum absolute atomic E-state index is 0.00250. The second kappa shape index (κ2) is 3.55. The van der Waals surface area contributed by atoms with Crippen molar-refractivity contribution in [1.82, 2.24) is 0 Å². The maximum atomic E-state index is 11.6. The van der Waals surface area contributed by atoms with Gasteiger partial charge in [0.05, 0.1) is 11.7 Å². The maximum absolute atomic E-state index is 11.6. The van der Waals surface area contributed by atoms with E-state index in [0.29, 0.717) is 18.4 Å². The predicted octanol–water partition coefficient (Wildman–Crippen LogP) is 1.76. The highest BCUT2D eigenvalue weighted by Gasteiger charge is 2.30. The molecule has 0 saturated carbocycles. The molecule has 0 heterocycles. The van der Waals surface area contributed by atoms with E-state index in [0.717, 1.165) is 0 Å². The van der Waals surface area contributed by atoms with Crippen LogP contribution in [0, 0.1) is 0 Å². The molecule has 0 aliphatic heterocycles. The van der Waals surface area contributed by atoms with Gasteiger partial charge in [-0.15, -0.1) is 0 Å². The van der Waals surface area contributed by atoms with Gasteiger partial charge in [-0.3, -0.25) is 4.79 Å². The molecule has 0 fully saturated rings. The summed E-state index contributed by atoms with van der Waals surface area (Å²) in [7, 11) is 1.52. The van der Waals surface area contributed by atoms with Gasteiger partial charge in [0.2, 0.25) is 0 Å². The van der Waals surface area contributed by atoms with Crippen molar-refractivity contribution in [3.63, 3.8) is 0 Å². The number of hydrogen-bond acceptors (Lipinski definition) is 4. The smallest absolute Gasteiger partial charge is 0.167 e. The summed E-state index contributed by atoms with van der Waals surface area (Å²) < 4.78 is 5.18. The number of phenols is 2. The Morgan fingerprint density at radius 1 is 1.33 bits per heavy atom. The first kappa shape index (κ1) is 9.98. The monoisotopic (exact) mass is 208 g/mol. The van der Waals surface area contributed by atoms with Crippen LogP contribution in [0.15, 0.2) is 12.1 Å². The van der Waals surface area contributed by atoms with E-state index in [2.05, 4.69) is 0 Å². The lowest BCUT2D eigenvalue weighted by atomic mass is 9.87. The van der Waals surface area contributed by atoms with Gasteiger partial charge >= 0.3 is 0 Å². The molecule has 0 saturated heterocycles. The van der Waals surface area contributed by atoms with Crippen LogP contribution in [-0.2, 0) is 4.74 Å². The van der Waals surface area contributed by atoms with E-state index < -0.39 is 0 Å². The van der Waals surface area contributed by atoms with Crippen LogP contribution in [0.5, 0.6) is 11.5 Å². The van der Waals surface area contributed by atoms with Gasteiger partial charge < -0.3 is 14.9 Å². The van der Waals surface area contributed by atoms with Crippen LogP contribution in [-0.4, -0.2) is 23.1 Å². The molecule has 0 radical (unpaired) electrons.